The topological polar surface area (TPSA) is 37.1 Å². The minimum Gasteiger partial charge on any atom is -0.289 e. The molecule has 0 heterocycles. The van der Waals surface area contributed by atoms with E-state index in [1.54, 1.807) is 7.05 Å². The Balaban J connectivity index is 2.20. The minimum atomic E-state index is 0.851. The monoisotopic (exact) mass is 223 g/mol. The normalized spacial score (nSPS) is 13.7. The summed E-state index contributed by atoms with van der Waals surface area (Å²) >= 11 is 0. The molecule has 1 aliphatic carbocycles. The molecule has 84 valence electrons. The van der Waals surface area contributed by atoms with Gasteiger partial charge in [-0.15, -0.1) is 0 Å². The molecule has 0 aliphatic heterocycles. The van der Waals surface area contributed by atoms with Crippen molar-refractivity contribution in [1.82, 2.24) is 0 Å². The summed E-state index contributed by atoms with van der Waals surface area (Å²) < 4.78 is 0. The summed E-state index contributed by atoms with van der Waals surface area (Å²) in [6.07, 6.45) is 7.78. The molecule has 0 spiro atoms. The minimum absolute atomic E-state index is 0.851. The van der Waals surface area contributed by atoms with Crippen LogP contribution >= 0.6 is 0 Å². The molecule has 0 bridgehead atoms. The highest BCUT2D eigenvalue weighted by Gasteiger charge is 1.98. The van der Waals surface area contributed by atoms with Gasteiger partial charge in [-0.2, -0.15) is 0 Å². The van der Waals surface area contributed by atoms with Crippen molar-refractivity contribution in [1.29, 1.82) is 0 Å². The lowest BCUT2D eigenvalue weighted by atomic mass is 10.1. The van der Waals surface area contributed by atoms with E-state index in [0.29, 0.717) is 0 Å². The first-order valence-electron chi connectivity index (χ1n) is 5.30. The largest absolute Gasteiger partial charge is 0.289 e. The Morgan fingerprint density at radius 1 is 0.824 bits per heavy atom. The third-order valence-corrected chi connectivity index (χ3v) is 2.40. The molecular weight excluding hydrogens is 210 g/mol. The van der Waals surface area contributed by atoms with E-state index in [4.69, 9.17) is 0 Å². The predicted octanol–water partition coefficient (Wildman–Crippen LogP) is 3.29. The second-order valence-electron chi connectivity index (χ2n) is 3.53. The number of rotatable bonds is 2. The summed E-state index contributed by atoms with van der Waals surface area (Å²) in [5.41, 5.74) is 3.62. The van der Waals surface area contributed by atoms with Crippen LogP contribution in [0.4, 0.5) is 11.4 Å². The quantitative estimate of drug-likeness (QED) is 0.545. The number of nitrogens with zero attached hydrogens (tertiary/aromatic N) is 3. The van der Waals surface area contributed by atoms with Gasteiger partial charge in [-0.05, 0) is 55.3 Å². The highest BCUT2D eigenvalue weighted by atomic mass is 14.7. The number of hydrogen-bond donors (Lipinski definition) is 0. The standard InChI is InChI=1S/C14H13N3/c1-15-11-3-7-13(8-4-11)17-14-9-5-12(16-2)6-10-14/h3-10H,1H2,2H3. The van der Waals surface area contributed by atoms with E-state index in [1.807, 2.05) is 48.6 Å². The molecule has 17 heavy (non-hydrogen) atoms. The summed E-state index contributed by atoms with van der Waals surface area (Å²) in [7, 11) is 1.77. The predicted molar refractivity (Wildman–Crippen MR) is 74.4 cm³/mol. The van der Waals surface area contributed by atoms with Crippen LogP contribution in [0.3, 0.4) is 0 Å². The van der Waals surface area contributed by atoms with Gasteiger partial charge in [-0.1, -0.05) is 0 Å². The van der Waals surface area contributed by atoms with Crippen LogP contribution in [-0.4, -0.2) is 25.2 Å². The van der Waals surface area contributed by atoms with Crippen LogP contribution in [0, 0.1) is 0 Å². The van der Waals surface area contributed by atoms with E-state index in [2.05, 4.69) is 21.7 Å². The Bertz CT molecular complexity index is 513. The van der Waals surface area contributed by atoms with Gasteiger partial charge in [-0.3, -0.25) is 9.98 Å². The Hall–Kier alpha value is -2.29. The van der Waals surface area contributed by atoms with Crippen LogP contribution < -0.4 is 0 Å². The van der Waals surface area contributed by atoms with Gasteiger partial charge in [0, 0.05) is 7.05 Å². The van der Waals surface area contributed by atoms with Gasteiger partial charge < -0.3 is 0 Å². The average Bonchev–Trinajstić information content (AvgIpc) is 2.40. The van der Waals surface area contributed by atoms with Gasteiger partial charge in [0.1, 0.15) is 0 Å². The maximum absolute atomic E-state index is 4.49. The second kappa shape index (κ2) is 5.16. The van der Waals surface area contributed by atoms with Gasteiger partial charge in [-0.25, -0.2) is 4.99 Å². The van der Waals surface area contributed by atoms with E-state index < -0.39 is 0 Å². The van der Waals surface area contributed by atoms with Crippen molar-refractivity contribution < 1.29 is 0 Å². The van der Waals surface area contributed by atoms with Crippen LogP contribution in [0.1, 0.15) is 0 Å². The molecule has 0 fully saturated rings. The lowest BCUT2D eigenvalue weighted by Gasteiger charge is -2.01. The molecule has 0 radical (unpaired) electrons. The lowest BCUT2D eigenvalue weighted by molar-refractivity contribution is 1.45. The van der Waals surface area contributed by atoms with Crippen molar-refractivity contribution in [2.45, 2.75) is 0 Å². The van der Waals surface area contributed by atoms with E-state index >= 15 is 0 Å². The zero-order valence-corrected chi connectivity index (χ0v) is 9.67. The van der Waals surface area contributed by atoms with E-state index in [1.165, 1.54) is 0 Å². The molecule has 1 aromatic rings. The number of aliphatic imine (C=N–C) groups is 3. The molecule has 0 atom stereocenters. The maximum atomic E-state index is 4.49. The Morgan fingerprint density at radius 2 is 1.35 bits per heavy atom. The second-order valence-corrected chi connectivity index (χ2v) is 3.53. The van der Waals surface area contributed by atoms with Crippen LogP contribution in [0.5, 0.6) is 0 Å². The third kappa shape index (κ3) is 2.84. The Kier molecular flexibility index (Phi) is 3.40. The zero-order chi connectivity index (χ0) is 12.1. The lowest BCUT2D eigenvalue weighted by Crippen LogP contribution is -1.99. The van der Waals surface area contributed by atoms with Crippen LogP contribution in [0.25, 0.3) is 0 Å². The third-order valence-electron chi connectivity index (χ3n) is 2.40. The Labute approximate surface area is 101 Å². The fourth-order valence-corrected chi connectivity index (χ4v) is 1.46. The fraction of sp³-hybridized carbons (Fsp3) is 0.0714. The fourth-order valence-electron chi connectivity index (χ4n) is 1.46. The van der Waals surface area contributed by atoms with Gasteiger partial charge in [0.05, 0.1) is 22.8 Å². The molecule has 0 saturated carbocycles. The van der Waals surface area contributed by atoms with Gasteiger partial charge in [0.2, 0.25) is 0 Å². The number of allylic oxidation sites excluding steroid dienone is 4. The first-order valence-corrected chi connectivity index (χ1v) is 5.30. The summed E-state index contributed by atoms with van der Waals surface area (Å²) in [6, 6.07) is 7.62. The van der Waals surface area contributed by atoms with Gasteiger partial charge in [0.15, 0.2) is 0 Å². The molecule has 1 aromatic carbocycles. The number of benzene rings is 1. The van der Waals surface area contributed by atoms with Crippen molar-refractivity contribution in [2.24, 2.45) is 15.0 Å². The molecule has 3 nitrogen and oxygen atoms in total. The first kappa shape index (κ1) is 11.2. The maximum Gasteiger partial charge on any atom is 0.0638 e. The van der Waals surface area contributed by atoms with Gasteiger partial charge in [0.25, 0.3) is 0 Å². The molecule has 1 aliphatic rings. The smallest absolute Gasteiger partial charge is 0.0638 e. The molecule has 0 aromatic heterocycles. The zero-order valence-electron chi connectivity index (χ0n) is 9.67. The van der Waals surface area contributed by atoms with Gasteiger partial charge >= 0.3 is 0 Å². The highest BCUT2D eigenvalue weighted by Crippen LogP contribution is 2.18. The molecular formula is C14H13N3. The van der Waals surface area contributed by atoms with Crippen molar-refractivity contribution in [3.63, 3.8) is 0 Å². The van der Waals surface area contributed by atoms with Crippen LogP contribution in [-0.2, 0) is 0 Å². The summed E-state index contributed by atoms with van der Waals surface area (Å²) in [4.78, 5) is 12.4. The molecule has 0 unspecified atom stereocenters. The molecule has 0 saturated heterocycles. The van der Waals surface area contributed by atoms with Crippen molar-refractivity contribution >= 4 is 29.5 Å². The molecule has 0 N–H and O–H groups in total. The average molecular weight is 223 g/mol. The molecule has 2 rings (SSSR count). The van der Waals surface area contributed by atoms with Crippen LogP contribution in [0.2, 0.25) is 0 Å². The van der Waals surface area contributed by atoms with Crippen molar-refractivity contribution in [3.05, 3.63) is 48.6 Å². The summed E-state index contributed by atoms with van der Waals surface area (Å²) in [6.45, 7) is 3.47. The van der Waals surface area contributed by atoms with Crippen LogP contribution in [0.15, 0.2) is 63.5 Å². The first-order chi connectivity index (χ1) is 8.31. The highest BCUT2D eigenvalue weighted by molar-refractivity contribution is 6.18. The number of hydrogen-bond acceptors (Lipinski definition) is 3. The molecule has 3 heteroatoms. The molecule has 0 amide bonds. The SMILES string of the molecule is C=Nc1ccc(N=C2C=CC(=NC)C=C2)cc1. The van der Waals surface area contributed by atoms with E-state index in [9.17, 15) is 0 Å². The summed E-state index contributed by atoms with van der Waals surface area (Å²) in [5, 5.41) is 0. The van der Waals surface area contributed by atoms with Crippen molar-refractivity contribution in [3.8, 4) is 0 Å². The summed E-state index contributed by atoms with van der Waals surface area (Å²) in [5.74, 6) is 0. The Morgan fingerprint density at radius 3 is 1.88 bits per heavy atom. The van der Waals surface area contributed by atoms with Crippen molar-refractivity contribution in [2.75, 3.05) is 7.05 Å². The van der Waals surface area contributed by atoms with E-state index in [0.717, 1.165) is 22.8 Å². The van der Waals surface area contributed by atoms with E-state index in [-0.39, 0.29) is 0 Å².